The molecule has 1 atom stereocenters. The van der Waals surface area contributed by atoms with Crippen LogP contribution in [0.25, 0.3) is 0 Å². The van der Waals surface area contributed by atoms with Gasteiger partial charge in [-0.05, 0) is 31.0 Å². The van der Waals surface area contributed by atoms with Gasteiger partial charge in [-0.3, -0.25) is 0 Å². The van der Waals surface area contributed by atoms with Gasteiger partial charge in [-0.2, -0.15) is 13.2 Å². The molecular weight excluding hydrogens is 299 g/mol. The molecule has 0 saturated heterocycles. The van der Waals surface area contributed by atoms with Gasteiger partial charge in [0.05, 0.1) is 5.56 Å². The van der Waals surface area contributed by atoms with E-state index in [1.807, 2.05) is 0 Å². The maximum absolute atomic E-state index is 13.2. The summed E-state index contributed by atoms with van der Waals surface area (Å²) in [4.78, 5) is 4.19. The van der Waals surface area contributed by atoms with Crippen LogP contribution in [0.5, 0.6) is 0 Å². The molecule has 0 aliphatic heterocycles. The van der Waals surface area contributed by atoms with Crippen molar-refractivity contribution in [3.05, 3.63) is 41.7 Å². The lowest BCUT2D eigenvalue weighted by molar-refractivity contribution is -0.139. The molecule has 1 aromatic heterocycles. The molecular formula is C14H16F3N3S. The van der Waals surface area contributed by atoms with Crippen molar-refractivity contribution in [3.8, 4) is 0 Å². The van der Waals surface area contributed by atoms with Crippen molar-refractivity contribution >= 4 is 11.8 Å². The van der Waals surface area contributed by atoms with Crippen molar-refractivity contribution in [2.24, 2.45) is 12.8 Å². The summed E-state index contributed by atoms with van der Waals surface area (Å²) in [6, 6.07) is 4.16. The Morgan fingerprint density at radius 2 is 2.10 bits per heavy atom. The minimum Gasteiger partial charge on any atom is -0.329 e. The Morgan fingerprint density at radius 1 is 1.38 bits per heavy atom. The highest BCUT2D eigenvalue weighted by atomic mass is 32.2. The van der Waals surface area contributed by atoms with Crippen LogP contribution in [0.4, 0.5) is 13.2 Å². The second-order valence-electron chi connectivity index (χ2n) is 4.93. The third-order valence-electron chi connectivity index (χ3n) is 2.89. The maximum Gasteiger partial charge on any atom is 0.417 e. The second kappa shape index (κ2) is 6.11. The average molecular weight is 315 g/mol. The van der Waals surface area contributed by atoms with E-state index < -0.39 is 11.7 Å². The maximum atomic E-state index is 13.2. The monoisotopic (exact) mass is 315 g/mol. The van der Waals surface area contributed by atoms with Crippen molar-refractivity contribution in [2.45, 2.75) is 35.6 Å². The summed E-state index contributed by atoms with van der Waals surface area (Å²) in [5.74, 6) is 0. The first kappa shape index (κ1) is 15.9. The number of aryl methyl sites for hydroxylation is 1. The van der Waals surface area contributed by atoms with Gasteiger partial charge in [0.2, 0.25) is 0 Å². The van der Waals surface area contributed by atoms with Crippen molar-refractivity contribution in [1.29, 1.82) is 0 Å². The zero-order chi connectivity index (χ0) is 15.6. The van der Waals surface area contributed by atoms with Gasteiger partial charge in [0.1, 0.15) is 0 Å². The number of hydrogen-bond donors (Lipinski definition) is 1. The Hall–Kier alpha value is -1.47. The molecule has 2 N–H and O–H groups in total. The molecule has 1 aromatic carbocycles. The molecule has 7 heteroatoms. The van der Waals surface area contributed by atoms with E-state index in [1.54, 1.807) is 37.0 Å². The summed E-state index contributed by atoms with van der Waals surface area (Å²) < 4.78 is 41.4. The highest BCUT2D eigenvalue weighted by Gasteiger charge is 2.34. The molecule has 0 aliphatic rings. The van der Waals surface area contributed by atoms with Crippen molar-refractivity contribution < 1.29 is 13.2 Å². The van der Waals surface area contributed by atoms with E-state index in [4.69, 9.17) is 5.73 Å². The number of imidazole rings is 1. The molecule has 1 unspecified atom stereocenters. The first-order valence-electron chi connectivity index (χ1n) is 6.38. The van der Waals surface area contributed by atoms with Gasteiger partial charge < -0.3 is 10.3 Å². The molecule has 0 radical (unpaired) electrons. The number of halogens is 3. The zero-order valence-electron chi connectivity index (χ0n) is 11.7. The molecule has 0 fully saturated rings. The minimum absolute atomic E-state index is 0.144. The first-order chi connectivity index (χ1) is 9.77. The number of hydrogen-bond acceptors (Lipinski definition) is 3. The lowest BCUT2D eigenvalue weighted by Gasteiger charge is -2.15. The van der Waals surface area contributed by atoms with Crippen LogP contribution in [0, 0.1) is 0 Å². The van der Waals surface area contributed by atoms with Gasteiger partial charge in [0.15, 0.2) is 5.16 Å². The van der Waals surface area contributed by atoms with E-state index in [1.165, 1.54) is 12.1 Å². The van der Waals surface area contributed by atoms with E-state index in [0.29, 0.717) is 17.1 Å². The van der Waals surface area contributed by atoms with Crippen LogP contribution in [0.3, 0.4) is 0 Å². The topological polar surface area (TPSA) is 43.8 Å². The Morgan fingerprint density at radius 3 is 2.62 bits per heavy atom. The van der Waals surface area contributed by atoms with E-state index in [-0.39, 0.29) is 10.9 Å². The lowest BCUT2D eigenvalue weighted by atomic mass is 10.0. The number of nitrogens with two attached hydrogens (primary N) is 1. The molecule has 0 bridgehead atoms. The van der Waals surface area contributed by atoms with Crippen LogP contribution < -0.4 is 5.73 Å². The van der Waals surface area contributed by atoms with E-state index in [9.17, 15) is 13.2 Å². The van der Waals surface area contributed by atoms with E-state index >= 15 is 0 Å². The van der Waals surface area contributed by atoms with Crippen molar-refractivity contribution in [2.75, 3.05) is 0 Å². The molecule has 1 heterocycles. The van der Waals surface area contributed by atoms with Crippen LogP contribution in [0.15, 0.2) is 40.6 Å². The van der Waals surface area contributed by atoms with Crippen LogP contribution in [0.1, 0.15) is 18.1 Å². The number of benzene rings is 1. The smallest absolute Gasteiger partial charge is 0.329 e. The lowest BCUT2D eigenvalue weighted by Crippen LogP contribution is -2.18. The normalized spacial score (nSPS) is 13.4. The molecule has 3 nitrogen and oxygen atoms in total. The summed E-state index contributed by atoms with van der Waals surface area (Å²) >= 11 is 1.00. The zero-order valence-corrected chi connectivity index (χ0v) is 12.5. The van der Waals surface area contributed by atoms with Gasteiger partial charge in [0.25, 0.3) is 0 Å². The first-order valence-corrected chi connectivity index (χ1v) is 7.20. The molecule has 0 spiro atoms. The Balaban J connectivity index is 2.38. The molecule has 0 saturated carbocycles. The highest BCUT2D eigenvalue weighted by Crippen LogP contribution is 2.39. The highest BCUT2D eigenvalue weighted by molar-refractivity contribution is 7.99. The fourth-order valence-corrected chi connectivity index (χ4v) is 2.87. The van der Waals surface area contributed by atoms with Crippen LogP contribution in [-0.2, 0) is 19.6 Å². The van der Waals surface area contributed by atoms with Gasteiger partial charge in [-0.25, -0.2) is 4.98 Å². The Kier molecular flexibility index (Phi) is 4.63. The Bertz CT molecular complexity index is 620. The predicted molar refractivity (Wildman–Crippen MR) is 76.1 cm³/mol. The minimum atomic E-state index is -4.40. The van der Waals surface area contributed by atoms with Gasteiger partial charge >= 0.3 is 6.18 Å². The number of rotatable bonds is 4. The number of alkyl halides is 3. The number of nitrogens with zero attached hydrogens (tertiary/aromatic N) is 2. The van der Waals surface area contributed by atoms with Crippen molar-refractivity contribution in [3.63, 3.8) is 0 Å². The molecule has 0 amide bonds. The fraction of sp³-hybridized carbons (Fsp3) is 0.357. The summed E-state index contributed by atoms with van der Waals surface area (Å²) in [5.41, 5.74) is 5.59. The van der Waals surface area contributed by atoms with E-state index in [2.05, 4.69) is 4.98 Å². The summed E-state index contributed by atoms with van der Waals surface area (Å²) in [5, 5.41) is 0.514. The largest absolute Gasteiger partial charge is 0.417 e. The van der Waals surface area contributed by atoms with Gasteiger partial charge in [-0.15, -0.1) is 0 Å². The van der Waals surface area contributed by atoms with Crippen LogP contribution in [-0.4, -0.2) is 15.6 Å². The summed E-state index contributed by atoms with van der Waals surface area (Å²) in [7, 11) is 1.74. The molecule has 2 rings (SSSR count). The quantitative estimate of drug-likeness (QED) is 0.939. The Labute approximate surface area is 125 Å². The van der Waals surface area contributed by atoms with Gasteiger partial charge in [-0.1, -0.05) is 17.8 Å². The third-order valence-corrected chi connectivity index (χ3v) is 4.04. The van der Waals surface area contributed by atoms with Crippen LogP contribution >= 0.6 is 11.8 Å². The van der Waals surface area contributed by atoms with Crippen molar-refractivity contribution in [1.82, 2.24) is 9.55 Å². The second-order valence-corrected chi connectivity index (χ2v) is 5.94. The van der Waals surface area contributed by atoms with E-state index in [0.717, 1.165) is 11.8 Å². The molecule has 114 valence electrons. The molecule has 2 aromatic rings. The SMILES string of the molecule is CC(N)Cc1ccc(Sc2nccn2C)c(C(F)(F)F)c1. The third kappa shape index (κ3) is 4.01. The standard InChI is InChI=1S/C14H16F3N3S/c1-9(18)7-10-3-4-12(11(8-10)14(15,16)17)21-13-19-5-6-20(13)2/h3-6,8-9H,7,18H2,1-2H3. The van der Waals surface area contributed by atoms with Crippen LogP contribution in [0.2, 0.25) is 0 Å². The fourth-order valence-electron chi connectivity index (χ4n) is 1.94. The number of aromatic nitrogens is 2. The average Bonchev–Trinajstić information content (AvgIpc) is 2.75. The summed E-state index contributed by atoms with van der Waals surface area (Å²) in [6.45, 7) is 1.77. The molecule has 21 heavy (non-hydrogen) atoms. The van der Waals surface area contributed by atoms with Gasteiger partial charge in [0, 0.05) is 30.4 Å². The predicted octanol–water partition coefficient (Wildman–Crippen LogP) is 3.48. The summed E-state index contributed by atoms with van der Waals surface area (Å²) in [6.07, 6.45) is -0.738. The molecule has 0 aliphatic carbocycles.